The minimum absolute atomic E-state index is 0.668. The third-order valence-electron chi connectivity index (χ3n) is 4.47. The Labute approximate surface area is 122 Å². The lowest BCUT2D eigenvalue weighted by molar-refractivity contribution is 0.103. The van der Waals surface area contributed by atoms with Crippen molar-refractivity contribution < 1.29 is 4.74 Å². The Morgan fingerprint density at radius 3 is 2.95 bits per heavy atom. The molecule has 1 heterocycles. The molecule has 1 aromatic rings. The van der Waals surface area contributed by atoms with Gasteiger partial charge >= 0.3 is 0 Å². The highest BCUT2D eigenvalue weighted by molar-refractivity contribution is 5.57. The fourth-order valence-electron chi connectivity index (χ4n) is 2.86. The average Bonchev–Trinajstić information content (AvgIpc) is 3.20. The Hall–Kier alpha value is -1.06. The van der Waals surface area contributed by atoms with E-state index in [4.69, 9.17) is 4.74 Å². The van der Waals surface area contributed by atoms with Crippen molar-refractivity contribution in [3.05, 3.63) is 29.8 Å². The van der Waals surface area contributed by atoms with E-state index in [1.54, 1.807) is 0 Å². The van der Waals surface area contributed by atoms with Gasteiger partial charge in [-0.1, -0.05) is 18.2 Å². The fourth-order valence-corrected chi connectivity index (χ4v) is 2.86. The topological polar surface area (TPSA) is 24.5 Å². The number of hydrogen-bond acceptors (Lipinski definition) is 3. The Morgan fingerprint density at radius 1 is 1.25 bits per heavy atom. The molecule has 0 bridgehead atoms. The minimum Gasteiger partial charge on any atom is -0.384 e. The average molecular weight is 274 g/mol. The van der Waals surface area contributed by atoms with Gasteiger partial charge in [-0.05, 0) is 50.4 Å². The van der Waals surface area contributed by atoms with Crippen LogP contribution in [0.4, 0.5) is 5.69 Å². The zero-order valence-electron chi connectivity index (χ0n) is 12.5. The Morgan fingerprint density at radius 2 is 2.10 bits per heavy atom. The molecular weight excluding hydrogens is 248 g/mol. The van der Waals surface area contributed by atoms with Crippen LogP contribution in [0.2, 0.25) is 0 Å². The molecule has 1 atom stereocenters. The van der Waals surface area contributed by atoms with Gasteiger partial charge in [-0.2, -0.15) is 0 Å². The van der Waals surface area contributed by atoms with E-state index in [-0.39, 0.29) is 0 Å². The number of fused-ring (bicyclic) bond motifs is 1. The maximum atomic E-state index is 5.70. The molecule has 1 saturated carbocycles. The molecular formula is C17H26N2O. The molecule has 0 aromatic heterocycles. The van der Waals surface area contributed by atoms with Crippen LogP contribution >= 0.6 is 0 Å². The number of rotatable bonds is 8. The highest BCUT2D eigenvalue weighted by Gasteiger charge is 2.22. The van der Waals surface area contributed by atoms with E-state index in [0.717, 1.165) is 38.8 Å². The van der Waals surface area contributed by atoms with E-state index in [2.05, 4.69) is 41.5 Å². The molecule has 20 heavy (non-hydrogen) atoms. The van der Waals surface area contributed by atoms with Crippen LogP contribution in [-0.2, 0) is 4.74 Å². The summed E-state index contributed by atoms with van der Waals surface area (Å²) in [4.78, 5) is 2.40. The number of nitrogens with one attached hydrogen (secondary N) is 1. The monoisotopic (exact) mass is 274 g/mol. The molecule has 0 spiro atoms. The summed E-state index contributed by atoms with van der Waals surface area (Å²) in [6.45, 7) is 5.15. The van der Waals surface area contributed by atoms with Crippen molar-refractivity contribution in [2.75, 3.05) is 45.2 Å². The van der Waals surface area contributed by atoms with Gasteiger partial charge in [0.05, 0.1) is 6.61 Å². The summed E-state index contributed by atoms with van der Waals surface area (Å²) < 4.78 is 5.70. The summed E-state index contributed by atoms with van der Waals surface area (Å²) in [6, 6.07) is 8.70. The molecule has 3 rings (SSSR count). The molecule has 1 aromatic carbocycles. The maximum Gasteiger partial charge on any atom is 0.0593 e. The van der Waals surface area contributed by atoms with Crippen molar-refractivity contribution >= 4 is 5.69 Å². The van der Waals surface area contributed by atoms with Gasteiger partial charge in [-0.3, -0.25) is 0 Å². The van der Waals surface area contributed by atoms with Gasteiger partial charge in [0.1, 0.15) is 0 Å². The first-order valence-electron chi connectivity index (χ1n) is 7.92. The first kappa shape index (κ1) is 13.9. The van der Waals surface area contributed by atoms with Crippen molar-refractivity contribution in [2.24, 2.45) is 5.92 Å². The lowest BCUT2D eigenvalue weighted by Crippen LogP contribution is -2.26. The highest BCUT2D eigenvalue weighted by atomic mass is 16.5. The number of benzene rings is 1. The largest absolute Gasteiger partial charge is 0.384 e. The van der Waals surface area contributed by atoms with E-state index in [0.29, 0.717) is 5.92 Å². The van der Waals surface area contributed by atoms with E-state index in [9.17, 15) is 0 Å². The van der Waals surface area contributed by atoms with Crippen LogP contribution in [0, 0.1) is 5.92 Å². The molecule has 110 valence electrons. The molecule has 1 fully saturated rings. The number of para-hydroxylation sites is 1. The summed E-state index contributed by atoms with van der Waals surface area (Å²) in [7, 11) is 2.20. The molecule has 0 saturated heterocycles. The molecule has 3 heteroatoms. The van der Waals surface area contributed by atoms with Gasteiger partial charge in [-0.25, -0.2) is 0 Å². The van der Waals surface area contributed by atoms with Crippen LogP contribution in [-0.4, -0.2) is 44.8 Å². The Balaban J connectivity index is 1.34. The molecule has 0 amide bonds. The van der Waals surface area contributed by atoms with Crippen molar-refractivity contribution in [1.29, 1.82) is 0 Å². The smallest absolute Gasteiger partial charge is 0.0593 e. The van der Waals surface area contributed by atoms with Crippen LogP contribution in [0.5, 0.6) is 0 Å². The van der Waals surface area contributed by atoms with E-state index in [1.165, 1.54) is 30.5 Å². The predicted octanol–water partition coefficient (Wildman–Crippen LogP) is 2.94. The van der Waals surface area contributed by atoms with Gasteiger partial charge in [0.2, 0.25) is 0 Å². The van der Waals surface area contributed by atoms with Gasteiger partial charge in [0.25, 0.3) is 0 Å². The first-order valence-corrected chi connectivity index (χ1v) is 7.92. The van der Waals surface area contributed by atoms with Crippen molar-refractivity contribution in [1.82, 2.24) is 4.90 Å². The third-order valence-corrected chi connectivity index (χ3v) is 4.47. The standard InChI is InChI=1S/C17H26N2O/c1-19(10-11-20-13-14-6-7-14)9-8-15-12-18-17-5-3-2-4-16(15)17/h2-5,14-15,18H,6-13H2,1H3. The second-order valence-corrected chi connectivity index (χ2v) is 6.28. The molecule has 1 N–H and O–H groups in total. The van der Waals surface area contributed by atoms with Crippen LogP contribution in [0.1, 0.15) is 30.7 Å². The number of anilines is 1. The highest BCUT2D eigenvalue weighted by Crippen LogP contribution is 2.33. The second kappa shape index (κ2) is 6.59. The Bertz CT molecular complexity index is 431. The third kappa shape index (κ3) is 3.74. The zero-order valence-corrected chi connectivity index (χ0v) is 12.5. The van der Waals surface area contributed by atoms with E-state index in [1.807, 2.05) is 0 Å². The lowest BCUT2D eigenvalue weighted by atomic mass is 9.98. The predicted molar refractivity (Wildman–Crippen MR) is 83.3 cm³/mol. The number of likely N-dealkylation sites (N-methyl/N-ethyl adjacent to an activating group) is 1. The molecule has 3 nitrogen and oxygen atoms in total. The van der Waals surface area contributed by atoms with Crippen molar-refractivity contribution in [2.45, 2.75) is 25.2 Å². The van der Waals surface area contributed by atoms with Gasteiger partial charge in [0, 0.05) is 31.3 Å². The molecule has 2 aliphatic rings. The van der Waals surface area contributed by atoms with Crippen LogP contribution in [0.3, 0.4) is 0 Å². The van der Waals surface area contributed by atoms with Crippen molar-refractivity contribution in [3.63, 3.8) is 0 Å². The van der Waals surface area contributed by atoms with Crippen molar-refractivity contribution in [3.8, 4) is 0 Å². The summed E-state index contributed by atoms with van der Waals surface area (Å²) in [5.41, 5.74) is 2.82. The number of ether oxygens (including phenoxy) is 1. The molecule has 1 aliphatic carbocycles. The van der Waals surface area contributed by atoms with Gasteiger partial charge in [-0.15, -0.1) is 0 Å². The van der Waals surface area contributed by atoms with Gasteiger partial charge < -0.3 is 15.0 Å². The van der Waals surface area contributed by atoms with E-state index < -0.39 is 0 Å². The quantitative estimate of drug-likeness (QED) is 0.738. The minimum atomic E-state index is 0.668. The number of hydrogen-bond donors (Lipinski definition) is 1. The first-order chi connectivity index (χ1) is 9.83. The van der Waals surface area contributed by atoms with Crippen LogP contribution in [0.15, 0.2) is 24.3 Å². The van der Waals surface area contributed by atoms with Crippen LogP contribution < -0.4 is 5.32 Å². The van der Waals surface area contributed by atoms with Crippen LogP contribution in [0.25, 0.3) is 0 Å². The summed E-state index contributed by atoms with van der Waals surface area (Å²) in [5.74, 6) is 1.54. The molecule has 1 unspecified atom stereocenters. The maximum absolute atomic E-state index is 5.70. The van der Waals surface area contributed by atoms with E-state index >= 15 is 0 Å². The number of nitrogens with zero attached hydrogens (tertiary/aromatic N) is 1. The lowest BCUT2D eigenvalue weighted by Gasteiger charge is -2.19. The normalized spacial score (nSPS) is 21.0. The second-order valence-electron chi connectivity index (χ2n) is 6.28. The zero-order chi connectivity index (χ0) is 13.8. The summed E-state index contributed by atoms with van der Waals surface area (Å²) >= 11 is 0. The Kier molecular flexibility index (Phi) is 4.58. The molecule has 1 aliphatic heterocycles. The fraction of sp³-hybridized carbons (Fsp3) is 0.647. The summed E-state index contributed by atoms with van der Waals surface area (Å²) in [5, 5.41) is 3.50. The SMILES string of the molecule is CN(CCOCC1CC1)CCC1CNc2ccccc21. The summed E-state index contributed by atoms with van der Waals surface area (Å²) in [6.07, 6.45) is 3.98. The molecule has 0 radical (unpaired) electrons. The van der Waals surface area contributed by atoms with Gasteiger partial charge in [0.15, 0.2) is 0 Å².